The number of aromatic amines is 1. The Morgan fingerprint density at radius 3 is 2.62 bits per heavy atom. The molecule has 0 bridgehead atoms. The molecule has 2 aliphatic rings. The van der Waals surface area contributed by atoms with Gasteiger partial charge in [-0.2, -0.15) is 0 Å². The van der Waals surface area contributed by atoms with E-state index in [1.807, 2.05) is 19.1 Å². The number of benzene rings is 1. The lowest BCUT2D eigenvalue weighted by atomic mass is 9.75. The van der Waals surface area contributed by atoms with Crippen molar-refractivity contribution in [3.63, 3.8) is 0 Å². The second kappa shape index (κ2) is 7.34. The SMILES string of the molecule is Cc1c(-c2ccc(C(N)=O)c(NC3CCNCC3)c2)[nH]c2c1C(=O)CC(C)(C)C2. The summed E-state index contributed by atoms with van der Waals surface area (Å²) in [7, 11) is 0. The lowest BCUT2D eigenvalue weighted by Gasteiger charge is -2.28. The number of nitrogens with two attached hydrogens (primary N) is 1. The van der Waals surface area contributed by atoms with Crippen molar-refractivity contribution in [2.24, 2.45) is 11.1 Å². The molecule has 0 unspecified atom stereocenters. The number of aromatic nitrogens is 1. The molecule has 2 heterocycles. The molecule has 0 radical (unpaired) electrons. The zero-order valence-corrected chi connectivity index (χ0v) is 17.4. The van der Waals surface area contributed by atoms with Gasteiger partial charge in [0.2, 0.25) is 0 Å². The first-order valence-corrected chi connectivity index (χ1v) is 10.4. The largest absolute Gasteiger partial charge is 0.382 e. The highest BCUT2D eigenvalue weighted by atomic mass is 16.1. The molecule has 5 N–H and O–H groups in total. The van der Waals surface area contributed by atoms with Gasteiger partial charge < -0.3 is 21.4 Å². The van der Waals surface area contributed by atoms with Crippen LogP contribution in [0.3, 0.4) is 0 Å². The molecule has 1 aliphatic carbocycles. The quantitative estimate of drug-likeness (QED) is 0.638. The van der Waals surface area contributed by atoms with Crippen LogP contribution >= 0.6 is 0 Å². The van der Waals surface area contributed by atoms with Crippen LogP contribution in [-0.2, 0) is 6.42 Å². The third-order valence-electron chi connectivity index (χ3n) is 6.17. The maximum Gasteiger partial charge on any atom is 0.250 e. The smallest absolute Gasteiger partial charge is 0.250 e. The molecule has 2 aromatic rings. The van der Waals surface area contributed by atoms with Crippen LogP contribution in [0.4, 0.5) is 5.69 Å². The van der Waals surface area contributed by atoms with E-state index in [0.29, 0.717) is 18.0 Å². The fraction of sp³-hybridized carbons (Fsp3) is 0.478. The maximum absolute atomic E-state index is 12.7. The lowest BCUT2D eigenvalue weighted by molar-refractivity contribution is 0.0910. The molecule has 0 atom stereocenters. The van der Waals surface area contributed by atoms with E-state index in [1.165, 1.54) is 0 Å². The second-order valence-corrected chi connectivity index (χ2v) is 9.21. The van der Waals surface area contributed by atoms with Crippen LogP contribution in [0, 0.1) is 12.3 Å². The van der Waals surface area contributed by atoms with Crippen molar-refractivity contribution in [1.82, 2.24) is 10.3 Å². The number of nitrogens with one attached hydrogen (secondary N) is 3. The number of hydrogen-bond donors (Lipinski definition) is 4. The van der Waals surface area contributed by atoms with Crippen molar-refractivity contribution in [3.8, 4) is 11.3 Å². The van der Waals surface area contributed by atoms with Crippen molar-refractivity contribution in [2.45, 2.75) is 52.5 Å². The Morgan fingerprint density at radius 1 is 1.21 bits per heavy atom. The number of carbonyl (C=O) groups excluding carboxylic acids is 2. The Balaban J connectivity index is 1.73. The van der Waals surface area contributed by atoms with Gasteiger partial charge in [-0.15, -0.1) is 0 Å². The van der Waals surface area contributed by atoms with Crippen molar-refractivity contribution in [2.75, 3.05) is 18.4 Å². The number of carbonyl (C=O) groups is 2. The molecule has 154 valence electrons. The van der Waals surface area contributed by atoms with Crippen LogP contribution in [-0.4, -0.2) is 35.8 Å². The summed E-state index contributed by atoms with van der Waals surface area (Å²) in [6.07, 6.45) is 3.43. The zero-order chi connectivity index (χ0) is 20.8. The van der Waals surface area contributed by atoms with Crippen LogP contribution in [0.2, 0.25) is 0 Å². The first kappa shape index (κ1) is 19.7. The summed E-state index contributed by atoms with van der Waals surface area (Å²) in [6, 6.07) is 5.99. The van der Waals surface area contributed by atoms with E-state index >= 15 is 0 Å². The summed E-state index contributed by atoms with van der Waals surface area (Å²) in [5.41, 5.74) is 11.6. The van der Waals surface area contributed by atoms with Crippen molar-refractivity contribution < 1.29 is 9.59 Å². The van der Waals surface area contributed by atoms with Crippen LogP contribution in [0.15, 0.2) is 18.2 Å². The topological polar surface area (TPSA) is 100 Å². The number of Topliss-reactive ketones (excluding diaryl/α,β-unsaturated/α-hetero) is 1. The fourth-order valence-electron chi connectivity index (χ4n) is 4.74. The average molecular weight is 395 g/mol. The third-order valence-corrected chi connectivity index (χ3v) is 6.17. The Bertz CT molecular complexity index is 967. The fourth-order valence-corrected chi connectivity index (χ4v) is 4.74. The number of hydrogen-bond acceptors (Lipinski definition) is 4. The maximum atomic E-state index is 12.7. The molecule has 29 heavy (non-hydrogen) atoms. The zero-order valence-electron chi connectivity index (χ0n) is 17.4. The van der Waals surface area contributed by atoms with E-state index in [1.54, 1.807) is 6.07 Å². The normalized spacial score (nSPS) is 19.1. The van der Waals surface area contributed by atoms with Gasteiger partial charge in [0.1, 0.15) is 0 Å². The van der Waals surface area contributed by atoms with Gasteiger partial charge >= 0.3 is 0 Å². The molecule has 1 aromatic carbocycles. The Morgan fingerprint density at radius 2 is 1.93 bits per heavy atom. The summed E-state index contributed by atoms with van der Waals surface area (Å²) >= 11 is 0. The number of fused-ring (bicyclic) bond motifs is 1. The van der Waals surface area contributed by atoms with E-state index < -0.39 is 5.91 Å². The second-order valence-electron chi connectivity index (χ2n) is 9.21. The highest BCUT2D eigenvalue weighted by Crippen LogP contribution is 2.39. The van der Waals surface area contributed by atoms with Gasteiger partial charge in [0, 0.05) is 40.7 Å². The predicted octanol–water partition coefficient (Wildman–Crippen LogP) is 3.41. The number of anilines is 1. The molecule has 0 saturated carbocycles. The van der Waals surface area contributed by atoms with Gasteiger partial charge in [0.15, 0.2) is 5.78 Å². The molecule has 0 spiro atoms. The van der Waals surface area contributed by atoms with Crippen LogP contribution in [0.25, 0.3) is 11.3 Å². The van der Waals surface area contributed by atoms with Gasteiger partial charge in [-0.1, -0.05) is 19.9 Å². The summed E-state index contributed by atoms with van der Waals surface area (Å²) in [4.78, 5) is 28.2. The Labute approximate surface area is 171 Å². The van der Waals surface area contributed by atoms with Crippen LogP contribution in [0.5, 0.6) is 0 Å². The van der Waals surface area contributed by atoms with Gasteiger partial charge in [-0.05, 0) is 62.4 Å². The summed E-state index contributed by atoms with van der Waals surface area (Å²) in [5.74, 6) is -0.231. The Hall–Kier alpha value is -2.60. The molecule has 1 fully saturated rings. The lowest BCUT2D eigenvalue weighted by Crippen LogP contribution is -2.35. The molecule has 4 rings (SSSR count). The minimum atomic E-state index is -0.438. The van der Waals surface area contributed by atoms with E-state index in [4.69, 9.17) is 5.73 Å². The molecule has 1 aliphatic heterocycles. The average Bonchev–Trinajstić information content (AvgIpc) is 2.97. The predicted molar refractivity (Wildman–Crippen MR) is 115 cm³/mol. The van der Waals surface area contributed by atoms with Gasteiger partial charge in [0.05, 0.1) is 5.56 Å². The van der Waals surface area contributed by atoms with E-state index in [9.17, 15) is 9.59 Å². The third kappa shape index (κ3) is 3.81. The van der Waals surface area contributed by atoms with Gasteiger partial charge in [-0.25, -0.2) is 0 Å². The first-order chi connectivity index (χ1) is 13.7. The molecular formula is C23H30N4O2. The van der Waals surface area contributed by atoms with Crippen LogP contribution < -0.4 is 16.4 Å². The van der Waals surface area contributed by atoms with Gasteiger partial charge in [-0.3, -0.25) is 9.59 Å². The Kier molecular flexibility index (Phi) is 4.99. The summed E-state index contributed by atoms with van der Waals surface area (Å²) < 4.78 is 0. The monoisotopic (exact) mass is 394 g/mol. The number of primary amides is 1. The van der Waals surface area contributed by atoms with E-state index in [-0.39, 0.29) is 11.2 Å². The first-order valence-electron chi connectivity index (χ1n) is 10.4. The van der Waals surface area contributed by atoms with Crippen molar-refractivity contribution in [1.29, 1.82) is 0 Å². The highest BCUT2D eigenvalue weighted by Gasteiger charge is 2.34. The van der Waals surface area contributed by atoms with Crippen LogP contribution in [0.1, 0.15) is 65.1 Å². The number of H-pyrrole nitrogens is 1. The van der Waals surface area contributed by atoms with Gasteiger partial charge in [0.25, 0.3) is 5.91 Å². The number of ketones is 1. The number of amides is 1. The molecule has 6 heteroatoms. The highest BCUT2D eigenvalue weighted by molar-refractivity contribution is 6.02. The minimum Gasteiger partial charge on any atom is -0.382 e. The molecule has 6 nitrogen and oxygen atoms in total. The van der Waals surface area contributed by atoms with Crippen molar-refractivity contribution >= 4 is 17.4 Å². The summed E-state index contributed by atoms with van der Waals surface area (Å²) in [5, 5.41) is 6.87. The number of rotatable bonds is 4. The molecule has 1 aromatic heterocycles. The standard InChI is InChI=1S/C23H30N4O2/c1-13-20-18(11-23(2,3)12-19(20)28)27-21(13)14-4-5-16(22(24)29)17(10-14)26-15-6-8-25-9-7-15/h4-5,10,15,25-27H,6-9,11-12H2,1-3H3,(H2,24,29). The number of piperidine rings is 1. The molecular weight excluding hydrogens is 364 g/mol. The molecule has 1 amide bonds. The van der Waals surface area contributed by atoms with E-state index in [2.05, 4.69) is 29.5 Å². The molecule has 1 saturated heterocycles. The minimum absolute atomic E-state index is 0.0315. The summed E-state index contributed by atoms with van der Waals surface area (Å²) in [6.45, 7) is 8.19. The van der Waals surface area contributed by atoms with E-state index in [0.717, 1.165) is 66.1 Å². The van der Waals surface area contributed by atoms with Crippen molar-refractivity contribution in [3.05, 3.63) is 40.6 Å².